The van der Waals surface area contributed by atoms with Crippen molar-refractivity contribution in [3.8, 4) is 0 Å². The van der Waals surface area contributed by atoms with Crippen LogP contribution >= 0.6 is 15.9 Å². The molecule has 1 aromatic rings. The molecule has 0 aromatic heterocycles. The topological polar surface area (TPSA) is 72.7 Å². The van der Waals surface area contributed by atoms with Gasteiger partial charge >= 0.3 is 0 Å². The van der Waals surface area contributed by atoms with E-state index in [2.05, 4.69) is 15.9 Å². The van der Waals surface area contributed by atoms with E-state index in [1.165, 1.54) is 24.3 Å². The molecule has 104 valence electrons. The van der Waals surface area contributed by atoms with Crippen molar-refractivity contribution in [1.82, 2.24) is 4.90 Å². The molecule has 0 N–H and O–H groups in total. The molecular weight excluding hydrogens is 316 g/mol. The zero-order valence-electron chi connectivity index (χ0n) is 10.7. The van der Waals surface area contributed by atoms with Crippen LogP contribution in [0.25, 0.3) is 0 Å². The van der Waals surface area contributed by atoms with Crippen LogP contribution in [0, 0.1) is 10.1 Å². The third-order valence-electron chi connectivity index (χ3n) is 2.49. The van der Waals surface area contributed by atoms with Gasteiger partial charge in [-0.05, 0) is 12.1 Å². The molecule has 0 aliphatic carbocycles. The second kappa shape index (κ2) is 7.20. The minimum absolute atomic E-state index is 0.0306. The Morgan fingerprint density at radius 1 is 1.47 bits per heavy atom. The number of nitro groups is 1. The normalized spacial score (nSPS) is 11.9. The molecule has 1 rings (SSSR count). The highest BCUT2D eigenvalue weighted by atomic mass is 79.9. The molecule has 0 aliphatic heterocycles. The van der Waals surface area contributed by atoms with E-state index in [-0.39, 0.29) is 16.4 Å². The van der Waals surface area contributed by atoms with E-state index in [1.807, 2.05) is 0 Å². The number of nitrogens with zero attached hydrogens (tertiary/aromatic N) is 2. The second-order valence-corrected chi connectivity index (χ2v) is 5.34. The first-order valence-electron chi connectivity index (χ1n) is 5.58. The number of methoxy groups -OCH3 is 1. The van der Waals surface area contributed by atoms with Crippen LogP contribution in [0.15, 0.2) is 24.3 Å². The number of carbonyl (C=O) groups excluding carboxylic acids is 1. The van der Waals surface area contributed by atoms with Gasteiger partial charge in [0, 0.05) is 38.4 Å². The fourth-order valence-corrected chi connectivity index (χ4v) is 2.26. The Bertz CT molecular complexity index is 450. The van der Waals surface area contributed by atoms with Crippen LogP contribution in [0.4, 0.5) is 5.69 Å². The van der Waals surface area contributed by atoms with Gasteiger partial charge in [-0.1, -0.05) is 15.9 Å². The van der Waals surface area contributed by atoms with E-state index in [0.717, 1.165) is 0 Å². The average Bonchev–Trinajstić information content (AvgIpc) is 2.38. The number of nitro benzene ring substituents is 1. The third kappa shape index (κ3) is 4.60. The van der Waals surface area contributed by atoms with Gasteiger partial charge in [0.05, 0.1) is 16.4 Å². The molecule has 1 amide bonds. The zero-order chi connectivity index (χ0) is 14.4. The van der Waals surface area contributed by atoms with Crippen molar-refractivity contribution in [1.29, 1.82) is 0 Å². The van der Waals surface area contributed by atoms with Gasteiger partial charge in [-0.2, -0.15) is 0 Å². The van der Waals surface area contributed by atoms with Gasteiger partial charge in [0.25, 0.3) is 11.6 Å². The summed E-state index contributed by atoms with van der Waals surface area (Å²) in [6.45, 7) is 0.988. The van der Waals surface area contributed by atoms with Gasteiger partial charge in [0.15, 0.2) is 0 Å². The zero-order valence-corrected chi connectivity index (χ0v) is 12.3. The maximum absolute atomic E-state index is 12.1. The smallest absolute Gasteiger partial charge is 0.269 e. The number of hydrogen-bond donors (Lipinski definition) is 0. The van der Waals surface area contributed by atoms with Crippen LogP contribution in [0.2, 0.25) is 0 Å². The fourth-order valence-electron chi connectivity index (χ4n) is 1.56. The van der Waals surface area contributed by atoms with Crippen molar-refractivity contribution in [2.75, 3.05) is 27.3 Å². The average molecular weight is 331 g/mol. The molecule has 0 aliphatic rings. The molecule has 0 saturated carbocycles. The van der Waals surface area contributed by atoms with Crippen molar-refractivity contribution < 1.29 is 14.5 Å². The number of hydrogen-bond acceptors (Lipinski definition) is 4. The quantitative estimate of drug-likeness (QED) is 0.454. The molecule has 0 radical (unpaired) electrons. The van der Waals surface area contributed by atoms with Crippen LogP contribution in [0.5, 0.6) is 0 Å². The molecule has 6 nitrogen and oxygen atoms in total. The van der Waals surface area contributed by atoms with E-state index < -0.39 is 4.92 Å². The van der Waals surface area contributed by atoms with Crippen molar-refractivity contribution in [3.05, 3.63) is 39.9 Å². The number of halogens is 1. The minimum atomic E-state index is -0.495. The molecule has 1 atom stereocenters. The highest BCUT2D eigenvalue weighted by Gasteiger charge is 2.16. The number of non-ortho nitro benzene ring substituents is 1. The summed E-state index contributed by atoms with van der Waals surface area (Å²) in [5.74, 6) is -0.185. The summed E-state index contributed by atoms with van der Waals surface area (Å²) in [7, 11) is 3.26. The van der Waals surface area contributed by atoms with Crippen LogP contribution in [0.1, 0.15) is 10.4 Å². The van der Waals surface area contributed by atoms with Crippen LogP contribution in [-0.4, -0.2) is 47.9 Å². The molecule has 0 spiro atoms. The standard InChI is InChI=1S/C12H15BrN2O4/c1-14(7-10(13)8-19-2)12(16)9-3-5-11(6-4-9)15(17)18/h3-6,10H,7-8H2,1-2H3. The molecule has 0 saturated heterocycles. The van der Waals surface area contributed by atoms with E-state index in [0.29, 0.717) is 18.7 Å². The highest BCUT2D eigenvalue weighted by Crippen LogP contribution is 2.14. The molecule has 1 unspecified atom stereocenters. The molecular formula is C12H15BrN2O4. The number of ether oxygens (including phenoxy) is 1. The first kappa shape index (κ1) is 15.6. The predicted molar refractivity (Wildman–Crippen MR) is 74.6 cm³/mol. The summed E-state index contributed by atoms with van der Waals surface area (Å²) in [5, 5.41) is 10.5. The summed E-state index contributed by atoms with van der Waals surface area (Å²) in [5.41, 5.74) is 0.391. The summed E-state index contributed by atoms with van der Waals surface area (Å²) in [6, 6.07) is 5.55. The molecule has 19 heavy (non-hydrogen) atoms. The Morgan fingerprint density at radius 2 is 2.05 bits per heavy atom. The van der Waals surface area contributed by atoms with Crippen LogP contribution in [0.3, 0.4) is 0 Å². The summed E-state index contributed by atoms with van der Waals surface area (Å²) in [6.07, 6.45) is 0. The lowest BCUT2D eigenvalue weighted by Crippen LogP contribution is -2.33. The lowest BCUT2D eigenvalue weighted by Gasteiger charge is -2.20. The number of rotatable bonds is 6. The molecule has 0 heterocycles. The lowest BCUT2D eigenvalue weighted by atomic mass is 10.2. The van der Waals surface area contributed by atoms with Crippen molar-refractivity contribution in [2.45, 2.75) is 4.83 Å². The Hall–Kier alpha value is -1.47. The first-order valence-corrected chi connectivity index (χ1v) is 6.50. The SMILES string of the molecule is COCC(Br)CN(C)C(=O)c1ccc([N+](=O)[O-])cc1. The maximum atomic E-state index is 12.1. The summed E-state index contributed by atoms with van der Waals surface area (Å²) in [4.78, 5) is 23.7. The number of benzene rings is 1. The van der Waals surface area contributed by atoms with E-state index in [9.17, 15) is 14.9 Å². The Morgan fingerprint density at radius 3 is 2.53 bits per heavy atom. The van der Waals surface area contributed by atoms with Gasteiger partial charge in [-0.15, -0.1) is 0 Å². The van der Waals surface area contributed by atoms with Gasteiger partial charge in [-0.25, -0.2) is 0 Å². The largest absolute Gasteiger partial charge is 0.383 e. The predicted octanol–water partition coefficient (Wildman–Crippen LogP) is 2.08. The Labute approximate surface area is 119 Å². The second-order valence-electron chi connectivity index (χ2n) is 4.04. The lowest BCUT2D eigenvalue weighted by molar-refractivity contribution is -0.384. The Kier molecular flexibility index (Phi) is 5.91. The van der Waals surface area contributed by atoms with Crippen LogP contribution in [-0.2, 0) is 4.74 Å². The van der Waals surface area contributed by atoms with E-state index in [1.54, 1.807) is 19.1 Å². The van der Waals surface area contributed by atoms with E-state index >= 15 is 0 Å². The van der Waals surface area contributed by atoms with Crippen molar-refractivity contribution in [2.24, 2.45) is 0 Å². The molecule has 1 aromatic carbocycles. The minimum Gasteiger partial charge on any atom is -0.383 e. The first-order chi connectivity index (χ1) is 8.95. The van der Waals surface area contributed by atoms with Crippen LogP contribution < -0.4 is 0 Å². The van der Waals surface area contributed by atoms with Crippen molar-refractivity contribution in [3.63, 3.8) is 0 Å². The molecule has 7 heteroatoms. The van der Waals surface area contributed by atoms with Gasteiger partial charge in [0.2, 0.25) is 0 Å². The summed E-state index contributed by atoms with van der Waals surface area (Å²) >= 11 is 3.40. The molecule has 0 fully saturated rings. The number of alkyl halides is 1. The van der Waals surface area contributed by atoms with Crippen molar-refractivity contribution >= 4 is 27.5 Å². The molecule has 0 bridgehead atoms. The summed E-state index contributed by atoms with van der Waals surface area (Å²) < 4.78 is 4.97. The third-order valence-corrected chi connectivity index (χ3v) is 3.05. The number of amides is 1. The monoisotopic (exact) mass is 330 g/mol. The van der Waals surface area contributed by atoms with E-state index in [4.69, 9.17) is 4.74 Å². The number of carbonyl (C=O) groups is 1. The fraction of sp³-hybridized carbons (Fsp3) is 0.417. The van der Waals surface area contributed by atoms with Gasteiger partial charge < -0.3 is 9.64 Å². The Balaban J connectivity index is 2.68. The van der Waals surface area contributed by atoms with Gasteiger partial charge in [-0.3, -0.25) is 14.9 Å². The highest BCUT2D eigenvalue weighted by molar-refractivity contribution is 9.09. The van der Waals surface area contributed by atoms with Gasteiger partial charge in [0.1, 0.15) is 0 Å². The maximum Gasteiger partial charge on any atom is 0.269 e.